The lowest BCUT2D eigenvalue weighted by atomic mass is 10.2. The van der Waals surface area contributed by atoms with Crippen molar-refractivity contribution in [2.45, 2.75) is 19.8 Å². The number of hydrogen-bond acceptors (Lipinski definition) is 4. The quantitative estimate of drug-likeness (QED) is 0.712. The topological polar surface area (TPSA) is 43.1 Å². The SMILES string of the molecule is CC(C)c1nnc2sc(-c3ccccc3F)nn12. The Bertz CT molecular complexity index is 701. The van der Waals surface area contributed by atoms with E-state index >= 15 is 0 Å². The molecule has 0 bridgehead atoms. The lowest BCUT2D eigenvalue weighted by Gasteiger charge is -1.99. The van der Waals surface area contributed by atoms with Gasteiger partial charge in [0.25, 0.3) is 0 Å². The van der Waals surface area contributed by atoms with Gasteiger partial charge in [-0.1, -0.05) is 37.3 Å². The number of halogens is 1. The molecule has 0 radical (unpaired) electrons. The van der Waals surface area contributed by atoms with Crippen LogP contribution >= 0.6 is 11.3 Å². The van der Waals surface area contributed by atoms with Gasteiger partial charge in [0, 0.05) is 11.5 Å². The van der Waals surface area contributed by atoms with Gasteiger partial charge in [-0.05, 0) is 12.1 Å². The zero-order chi connectivity index (χ0) is 12.7. The molecule has 0 saturated heterocycles. The van der Waals surface area contributed by atoms with Crippen molar-refractivity contribution in [1.82, 2.24) is 19.8 Å². The Hall–Kier alpha value is -1.82. The van der Waals surface area contributed by atoms with E-state index in [1.807, 2.05) is 13.8 Å². The number of hydrogen-bond donors (Lipinski definition) is 0. The standard InChI is InChI=1S/C12H11FN4S/c1-7(2)10-14-15-12-17(10)16-11(18-12)8-5-3-4-6-9(8)13/h3-7H,1-2H3. The van der Waals surface area contributed by atoms with Crippen molar-refractivity contribution in [3.8, 4) is 10.6 Å². The van der Waals surface area contributed by atoms with Crippen LogP contribution in [0.3, 0.4) is 0 Å². The molecule has 0 fully saturated rings. The summed E-state index contributed by atoms with van der Waals surface area (Å²) in [6.07, 6.45) is 0. The maximum Gasteiger partial charge on any atom is 0.234 e. The summed E-state index contributed by atoms with van der Waals surface area (Å²) in [5, 5.41) is 13.2. The molecule has 0 unspecified atom stereocenters. The summed E-state index contributed by atoms with van der Waals surface area (Å²) in [5.74, 6) is 0.757. The summed E-state index contributed by atoms with van der Waals surface area (Å²) in [4.78, 5) is 0.692. The molecular weight excluding hydrogens is 251 g/mol. The van der Waals surface area contributed by atoms with Gasteiger partial charge in [-0.3, -0.25) is 0 Å². The van der Waals surface area contributed by atoms with Gasteiger partial charge in [-0.2, -0.15) is 9.61 Å². The lowest BCUT2D eigenvalue weighted by molar-refractivity contribution is 0.630. The summed E-state index contributed by atoms with van der Waals surface area (Å²) in [6, 6.07) is 6.61. The molecule has 3 rings (SSSR count). The van der Waals surface area contributed by atoms with Gasteiger partial charge >= 0.3 is 0 Å². The molecule has 0 amide bonds. The van der Waals surface area contributed by atoms with Crippen molar-refractivity contribution >= 4 is 16.3 Å². The van der Waals surface area contributed by atoms with Gasteiger partial charge < -0.3 is 0 Å². The predicted octanol–water partition coefficient (Wildman–Crippen LogP) is 3.12. The van der Waals surface area contributed by atoms with Crippen LogP contribution in [0.5, 0.6) is 0 Å². The van der Waals surface area contributed by atoms with Crippen LogP contribution in [0.15, 0.2) is 24.3 Å². The highest BCUT2D eigenvalue weighted by Gasteiger charge is 2.16. The normalized spacial score (nSPS) is 11.6. The monoisotopic (exact) mass is 262 g/mol. The molecule has 6 heteroatoms. The fourth-order valence-corrected chi connectivity index (χ4v) is 2.61. The number of rotatable bonds is 2. The fourth-order valence-electron chi connectivity index (χ4n) is 1.74. The van der Waals surface area contributed by atoms with E-state index in [0.717, 1.165) is 5.82 Å². The summed E-state index contributed by atoms with van der Waals surface area (Å²) in [7, 11) is 0. The molecule has 0 aliphatic carbocycles. The van der Waals surface area contributed by atoms with Crippen LogP contribution in [0.25, 0.3) is 15.5 Å². The first kappa shape index (κ1) is 11.3. The van der Waals surface area contributed by atoms with Crippen molar-refractivity contribution in [3.05, 3.63) is 35.9 Å². The third kappa shape index (κ3) is 1.69. The first-order chi connectivity index (χ1) is 8.66. The van der Waals surface area contributed by atoms with E-state index in [2.05, 4.69) is 15.3 Å². The highest BCUT2D eigenvalue weighted by atomic mass is 32.1. The second kappa shape index (κ2) is 4.13. The molecule has 0 aliphatic rings. The smallest absolute Gasteiger partial charge is 0.206 e. The van der Waals surface area contributed by atoms with Crippen molar-refractivity contribution < 1.29 is 4.39 Å². The summed E-state index contributed by atoms with van der Waals surface area (Å²) in [6.45, 7) is 4.05. The highest BCUT2D eigenvalue weighted by molar-refractivity contribution is 7.19. The molecule has 0 atom stereocenters. The Kier molecular flexibility index (Phi) is 2.59. The minimum absolute atomic E-state index is 0.232. The number of aromatic nitrogens is 4. The average molecular weight is 262 g/mol. The fraction of sp³-hybridized carbons (Fsp3) is 0.250. The maximum absolute atomic E-state index is 13.7. The first-order valence-corrected chi connectivity index (χ1v) is 6.45. The molecule has 1 aromatic carbocycles. The Morgan fingerprint density at radius 2 is 2.00 bits per heavy atom. The van der Waals surface area contributed by atoms with Crippen LogP contribution in [-0.4, -0.2) is 19.8 Å². The molecule has 0 aliphatic heterocycles. The van der Waals surface area contributed by atoms with Crippen molar-refractivity contribution in [3.63, 3.8) is 0 Å². The van der Waals surface area contributed by atoms with E-state index < -0.39 is 0 Å². The minimum atomic E-state index is -0.270. The zero-order valence-corrected chi connectivity index (χ0v) is 10.8. The molecule has 4 nitrogen and oxygen atoms in total. The molecule has 2 heterocycles. The maximum atomic E-state index is 13.7. The van der Waals surface area contributed by atoms with Crippen LogP contribution in [0.2, 0.25) is 0 Å². The second-order valence-corrected chi connectivity index (χ2v) is 5.25. The number of nitrogens with zero attached hydrogens (tertiary/aromatic N) is 4. The zero-order valence-electron chi connectivity index (χ0n) is 9.96. The third-order valence-corrected chi connectivity index (χ3v) is 3.57. The molecular formula is C12H11FN4S. The largest absolute Gasteiger partial charge is 0.234 e. The molecule has 0 N–H and O–H groups in total. The first-order valence-electron chi connectivity index (χ1n) is 5.64. The van der Waals surface area contributed by atoms with E-state index in [1.54, 1.807) is 22.7 Å². The van der Waals surface area contributed by atoms with Gasteiger partial charge in [0.1, 0.15) is 5.82 Å². The molecule has 92 valence electrons. The van der Waals surface area contributed by atoms with Crippen molar-refractivity contribution in [2.24, 2.45) is 0 Å². The van der Waals surface area contributed by atoms with Crippen LogP contribution in [-0.2, 0) is 0 Å². The van der Waals surface area contributed by atoms with E-state index in [4.69, 9.17) is 0 Å². The molecule has 0 saturated carbocycles. The van der Waals surface area contributed by atoms with Gasteiger partial charge in [0.15, 0.2) is 10.8 Å². The lowest BCUT2D eigenvalue weighted by Crippen LogP contribution is -1.98. The van der Waals surface area contributed by atoms with Crippen molar-refractivity contribution in [2.75, 3.05) is 0 Å². The second-order valence-electron chi connectivity index (χ2n) is 4.29. The Morgan fingerprint density at radius 3 is 2.72 bits per heavy atom. The summed E-state index contributed by atoms with van der Waals surface area (Å²) in [5.41, 5.74) is 0.503. The Labute approximate surface area is 107 Å². The van der Waals surface area contributed by atoms with Crippen LogP contribution < -0.4 is 0 Å². The van der Waals surface area contributed by atoms with Gasteiger partial charge in [0.2, 0.25) is 4.96 Å². The number of fused-ring (bicyclic) bond motifs is 1. The van der Waals surface area contributed by atoms with Gasteiger partial charge in [-0.15, -0.1) is 10.2 Å². The van der Waals surface area contributed by atoms with E-state index in [1.165, 1.54) is 17.4 Å². The predicted molar refractivity (Wildman–Crippen MR) is 68.1 cm³/mol. The van der Waals surface area contributed by atoms with Gasteiger partial charge in [0.05, 0.1) is 0 Å². The third-order valence-electron chi connectivity index (χ3n) is 2.64. The van der Waals surface area contributed by atoms with E-state index in [0.29, 0.717) is 15.5 Å². The van der Waals surface area contributed by atoms with E-state index in [9.17, 15) is 4.39 Å². The number of benzene rings is 1. The van der Waals surface area contributed by atoms with Crippen LogP contribution in [0.1, 0.15) is 25.6 Å². The molecule has 18 heavy (non-hydrogen) atoms. The van der Waals surface area contributed by atoms with E-state index in [-0.39, 0.29) is 11.7 Å². The minimum Gasteiger partial charge on any atom is -0.206 e. The van der Waals surface area contributed by atoms with Crippen LogP contribution in [0, 0.1) is 5.82 Å². The molecule has 2 aromatic heterocycles. The Balaban J connectivity index is 2.17. The summed E-state index contributed by atoms with van der Waals surface area (Å²) < 4.78 is 15.4. The highest BCUT2D eigenvalue weighted by Crippen LogP contribution is 2.28. The molecule has 0 spiro atoms. The summed E-state index contributed by atoms with van der Waals surface area (Å²) >= 11 is 1.34. The van der Waals surface area contributed by atoms with Crippen LogP contribution in [0.4, 0.5) is 4.39 Å². The molecule has 3 aromatic rings. The van der Waals surface area contributed by atoms with Crippen molar-refractivity contribution in [1.29, 1.82) is 0 Å². The van der Waals surface area contributed by atoms with Gasteiger partial charge in [-0.25, -0.2) is 4.39 Å². The Morgan fingerprint density at radius 1 is 1.22 bits per heavy atom. The average Bonchev–Trinajstić information content (AvgIpc) is 2.88.